The highest BCUT2D eigenvalue weighted by Gasteiger charge is 2.34. The summed E-state index contributed by atoms with van der Waals surface area (Å²) in [5.74, 6) is 0. The Bertz CT molecular complexity index is 402. The van der Waals surface area contributed by atoms with Crippen LogP contribution in [0.2, 0.25) is 0 Å². The van der Waals surface area contributed by atoms with Crippen LogP contribution in [-0.4, -0.2) is 11.1 Å². The van der Waals surface area contributed by atoms with Crippen molar-refractivity contribution in [2.45, 2.75) is 38.1 Å². The molecule has 2 rings (SSSR count). The van der Waals surface area contributed by atoms with E-state index in [0.717, 1.165) is 18.4 Å². The second-order valence-electron chi connectivity index (χ2n) is 4.55. The van der Waals surface area contributed by atoms with Crippen LogP contribution in [0.15, 0.2) is 23.1 Å². The molecule has 1 aliphatic carbocycles. The number of nitrogens with zero attached hydrogens (tertiary/aromatic N) is 1. The third-order valence-corrected chi connectivity index (χ3v) is 3.50. The first-order valence-electron chi connectivity index (χ1n) is 5.58. The Morgan fingerprint density at radius 3 is 2.67 bits per heavy atom. The number of aryl methyl sites for hydroxylation is 1. The molecular weight excluding hydrogens is 188 g/mol. The van der Waals surface area contributed by atoms with Crippen molar-refractivity contribution >= 4 is 0 Å². The minimum atomic E-state index is -0.106. The van der Waals surface area contributed by atoms with Gasteiger partial charge in [-0.25, -0.2) is 0 Å². The van der Waals surface area contributed by atoms with Gasteiger partial charge < -0.3 is 10.3 Å². The van der Waals surface area contributed by atoms with Gasteiger partial charge >= 0.3 is 0 Å². The van der Waals surface area contributed by atoms with E-state index in [-0.39, 0.29) is 11.1 Å². The van der Waals surface area contributed by atoms with Gasteiger partial charge in [0, 0.05) is 18.8 Å². The molecule has 0 aliphatic heterocycles. The van der Waals surface area contributed by atoms with E-state index in [1.54, 1.807) is 6.07 Å². The van der Waals surface area contributed by atoms with E-state index in [1.807, 2.05) is 23.8 Å². The summed E-state index contributed by atoms with van der Waals surface area (Å²) in [5.41, 5.74) is 6.84. The summed E-state index contributed by atoms with van der Waals surface area (Å²) in [6.45, 7) is 2.51. The van der Waals surface area contributed by atoms with Crippen LogP contribution >= 0.6 is 0 Å². The highest BCUT2D eigenvalue weighted by atomic mass is 16.1. The van der Waals surface area contributed by atoms with E-state index in [0.29, 0.717) is 6.54 Å². The first-order chi connectivity index (χ1) is 7.18. The Hall–Kier alpha value is -1.09. The molecule has 1 saturated carbocycles. The number of nitrogens with two attached hydrogens (primary N) is 1. The Labute approximate surface area is 89.9 Å². The van der Waals surface area contributed by atoms with Gasteiger partial charge in [-0.2, -0.15) is 0 Å². The zero-order valence-electron chi connectivity index (χ0n) is 9.20. The zero-order valence-corrected chi connectivity index (χ0v) is 9.20. The van der Waals surface area contributed by atoms with Crippen LogP contribution < -0.4 is 11.3 Å². The average molecular weight is 206 g/mol. The van der Waals surface area contributed by atoms with E-state index in [4.69, 9.17) is 5.73 Å². The molecule has 82 valence electrons. The molecule has 3 heteroatoms. The van der Waals surface area contributed by atoms with Gasteiger partial charge in [0.25, 0.3) is 5.56 Å². The van der Waals surface area contributed by atoms with E-state index in [2.05, 4.69) is 0 Å². The third-order valence-electron chi connectivity index (χ3n) is 3.50. The lowest BCUT2D eigenvalue weighted by molar-refractivity contribution is 0.294. The van der Waals surface area contributed by atoms with Crippen molar-refractivity contribution in [2.75, 3.05) is 6.54 Å². The number of pyridine rings is 1. The molecule has 1 fully saturated rings. The number of hydrogen-bond acceptors (Lipinski definition) is 2. The van der Waals surface area contributed by atoms with Gasteiger partial charge in [-0.05, 0) is 31.4 Å². The number of hydrogen-bond donors (Lipinski definition) is 1. The maximum absolute atomic E-state index is 11.9. The predicted octanol–water partition coefficient (Wildman–Crippen LogP) is 1.38. The monoisotopic (exact) mass is 206 g/mol. The lowest BCUT2D eigenvalue weighted by Crippen LogP contribution is -2.44. The van der Waals surface area contributed by atoms with Gasteiger partial charge in [0.1, 0.15) is 0 Å². The van der Waals surface area contributed by atoms with Gasteiger partial charge in [-0.15, -0.1) is 0 Å². The molecule has 0 saturated heterocycles. The molecule has 0 spiro atoms. The molecule has 1 aliphatic rings. The van der Waals surface area contributed by atoms with Crippen molar-refractivity contribution in [3.8, 4) is 0 Å². The minimum Gasteiger partial charge on any atom is -0.328 e. The van der Waals surface area contributed by atoms with Crippen LogP contribution in [0.3, 0.4) is 0 Å². The summed E-state index contributed by atoms with van der Waals surface area (Å²) >= 11 is 0. The average Bonchev–Trinajstić information content (AvgIpc) is 2.67. The quantitative estimate of drug-likeness (QED) is 0.794. The molecule has 1 aromatic rings. The smallest absolute Gasteiger partial charge is 0.251 e. The van der Waals surface area contributed by atoms with Crippen molar-refractivity contribution in [3.63, 3.8) is 0 Å². The maximum atomic E-state index is 11.9. The number of rotatable bonds is 2. The molecule has 1 aromatic heterocycles. The number of aromatic nitrogens is 1. The molecule has 0 bridgehead atoms. The molecule has 0 aromatic carbocycles. The molecule has 15 heavy (non-hydrogen) atoms. The largest absolute Gasteiger partial charge is 0.328 e. The van der Waals surface area contributed by atoms with E-state index < -0.39 is 0 Å². The Balaban J connectivity index is 2.47. The first kappa shape index (κ1) is 10.4. The third kappa shape index (κ3) is 1.72. The van der Waals surface area contributed by atoms with Crippen molar-refractivity contribution in [1.82, 2.24) is 4.57 Å². The fourth-order valence-corrected chi connectivity index (χ4v) is 2.55. The molecular formula is C12H18N2O. The van der Waals surface area contributed by atoms with E-state index >= 15 is 0 Å². The SMILES string of the molecule is Cc1ccn(C2(CN)CCCC2)c(=O)c1. The van der Waals surface area contributed by atoms with Crippen LogP contribution in [0.25, 0.3) is 0 Å². The van der Waals surface area contributed by atoms with Crippen molar-refractivity contribution in [2.24, 2.45) is 5.73 Å². The van der Waals surface area contributed by atoms with Crippen LogP contribution in [0.1, 0.15) is 31.2 Å². The van der Waals surface area contributed by atoms with Crippen LogP contribution in [0, 0.1) is 6.92 Å². The minimum absolute atomic E-state index is 0.0855. The fraction of sp³-hybridized carbons (Fsp3) is 0.583. The van der Waals surface area contributed by atoms with Crippen LogP contribution in [0.4, 0.5) is 0 Å². The molecule has 3 nitrogen and oxygen atoms in total. The highest BCUT2D eigenvalue weighted by molar-refractivity contribution is 5.11. The summed E-state index contributed by atoms with van der Waals surface area (Å²) in [7, 11) is 0. The fourth-order valence-electron chi connectivity index (χ4n) is 2.55. The molecule has 0 unspecified atom stereocenters. The first-order valence-corrected chi connectivity index (χ1v) is 5.58. The van der Waals surface area contributed by atoms with E-state index in [1.165, 1.54) is 12.8 Å². The van der Waals surface area contributed by atoms with Crippen LogP contribution in [0.5, 0.6) is 0 Å². The summed E-state index contributed by atoms with van der Waals surface area (Å²) in [6, 6.07) is 3.67. The Morgan fingerprint density at radius 1 is 1.47 bits per heavy atom. The normalized spacial score (nSPS) is 19.3. The van der Waals surface area contributed by atoms with Gasteiger partial charge in [0.05, 0.1) is 5.54 Å². The summed E-state index contributed by atoms with van der Waals surface area (Å²) in [6.07, 6.45) is 6.32. The standard InChI is InChI=1S/C12H18N2O/c1-10-4-7-14(11(15)8-10)12(9-13)5-2-3-6-12/h4,7-8H,2-3,5-6,9,13H2,1H3. The lowest BCUT2D eigenvalue weighted by atomic mass is 9.97. The van der Waals surface area contributed by atoms with Crippen molar-refractivity contribution in [1.29, 1.82) is 0 Å². The van der Waals surface area contributed by atoms with Crippen molar-refractivity contribution < 1.29 is 0 Å². The van der Waals surface area contributed by atoms with Gasteiger partial charge in [0.2, 0.25) is 0 Å². The Morgan fingerprint density at radius 2 is 2.13 bits per heavy atom. The molecule has 0 amide bonds. The molecule has 0 radical (unpaired) electrons. The molecule has 0 atom stereocenters. The van der Waals surface area contributed by atoms with Crippen LogP contribution in [-0.2, 0) is 5.54 Å². The van der Waals surface area contributed by atoms with Crippen molar-refractivity contribution in [3.05, 3.63) is 34.2 Å². The second kappa shape index (κ2) is 3.81. The maximum Gasteiger partial charge on any atom is 0.251 e. The lowest BCUT2D eigenvalue weighted by Gasteiger charge is -2.30. The topological polar surface area (TPSA) is 48.0 Å². The summed E-state index contributed by atoms with van der Waals surface area (Å²) in [4.78, 5) is 11.9. The Kier molecular flexibility index (Phi) is 2.65. The van der Waals surface area contributed by atoms with Gasteiger partial charge in [-0.3, -0.25) is 4.79 Å². The highest BCUT2D eigenvalue weighted by Crippen LogP contribution is 2.34. The zero-order chi connectivity index (χ0) is 10.9. The van der Waals surface area contributed by atoms with Gasteiger partial charge in [0.15, 0.2) is 0 Å². The van der Waals surface area contributed by atoms with Gasteiger partial charge in [-0.1, -0.05) is 12.8 Å². The summed E-state index contributed by atoms with van der Waals surface area (Å²) in [5, 5.41) is 0. The second-order valence-corrected chi connectivity index (χ2v) is 4.55. The summed E-state index contributed by atoms with van der Waals surface area (Å²) < 4.78 is 1.84. The van der Waals surface area contributed by atoms with E-state index in [9.17, 15) is 4.79 Å². The molecule has 1 heterocycles. The predicted molar refractivity (Wildman–Crippen MR) is 60.9 cm³/mol. The molecule has 2 N–H and O–H groups in total.